The molecule has 0 radical (unpaired) electrons. The SMILES string of the molecule is CCCCOc1ccc(-c2nc(CCNC)no2)cc1. The van der Waals surface area contributed by atoms with Gasteiger partial charge in [-0.3, -0.25) is 0 Å². The van der Waals surface area contributed by atoms with E-state index in [1.54, 1.807) is 0 Å². The summed E-state index contributed by atoms with van der Waals surface area (Å²) in [6, 6.07) is 7.75. The topological polar surface area (TPSA) is 60.2 Å². The van der Waals surface area contributed by atoms with Crippen molar-refractivity contribution in [2.45, 2.75) is 26.2 Å². The summed E-state index contributed by atoms with van der Waals surface area (Å²) in [5.74, 6) is 2.14. The Balaban J connectivity index is 1.96. The summed E-state index contributed by atoms with van der Waals surface area (Å²) < 4.78 is 10.9. The Morgan fingerprint density at radius 2 is 2.05 bits per heavy atom. The first kappa shape index (κ1) is 14.5. The van der Waals surface area contributed by atoms with Crippen molar-refractivity contribution in [1.29, 1.82) is 0 Å². The Morgan fingerprint density at radius 1 is 1.25 bits per heavy atom. The lowest BCUT2D eigenvalue weighted by atomic mass is 10.2. The van der Waals surface area contributed by atoms with E-state index in [2.05, 4.69) is 22.4 Å². The van der Waals surface area contributed by atoms with Crippen LogP contribution in [0.2, 0.25) is 0 Å². The second kappa shape index (κ2) is 7.65. The van der Waals surface area contributed by atoms with Crippen LogP contribution < -0.4 is 10.1 Å². The monoisotopic (exact) mass is 275 g/mol. The van der Waals surface area contributed by atoms with Crippen LogP contribution in [-0.2, 0) is 6.42 Å². The van der Waals surface area contributed by atoms with Gasteiger partial charge in [-0.2, -0.15) is 4.98 Å². The predicted molar refractivity (Wildman–Crippen MR) is 77.8 cm³/mol. The largest absolute Gasteiger partial charge is 0.494 e. The third kappa shape index (κ3) is 4.06. The average molecular weight is 275 g/mol. The third-order valence-corrected chi connectivity index (χ3v) is 2.93. The van der Waals surface area contributed by atoms with Gasteiger partial charge in [-0.15, -0.1) is 0 Å². The molecule has 1 aromatic carbocycles. The molecule has 1 heterocycles. The van der Waals surface area contributed by atoms with Crippen LogP contribution in [0.15, 0.2) is 28.8 Å². The van der Waals surface area contributed by atoms with Gasteiger partial charge in [0, 0.05) is 18.5 Å². The minimum absolute atomic E-state index is 0.552. The number of hydrogen-bond donors (Lipinski definition) is 1. The Hall–Kier alpha value is -1.88. The Labute approximate surface area is 119 Å². The number of benzene rings is 1. The predicted octanol–water partition coefficient (Wildman–Crippen LogP) is 2.68. The highest BCUT2D eigenvalue weighted by Crippen LogP contribution is 2.21. The van der Waals surface area contributed by atoms with Crippen LogP contribution in [-0.4, -0.2) is 30.3 Å². The van der Waals surface area contributed by atoms with Crippen molar-refractivity contribution < 1.29 is 9.26 Å². The van der Waals surface area contributed by atoms with Crippen LogP contribution in [0.4, 0.5) is 0 Å². The lowest BCUT2D eigenvalue weighted by Gasteiger charge is -2.04. The molecular formula is C15H21N3O2. The maximum absolute atomic E-state index is 5.62. The van der Waals surface area contributed by atoms with Gasteiger partial charge in [-0.25, -0.2) is 0 Å². The Bertz CT molecular complexity index is 508. The highest BCUT2D eigenvalue weighted by atomic mass is 16.5. The summed E-state index contributed by atoms with van der Waals surface area (Å²) in [6.07, 6.45) is 2.97. The fraction of sp³-hybridized carbons (Fsp3) is 0.467. The molecule has 1 aromatic heterocycles. The molecule has 108 valence electrons. The Morgan fingerprint density at radius 3 is 2.75 bits per heavy atom. The fourth-order valence-corrected chi connectivity index (χ4v) is 1.74. The average Bonchev–Trinajstić information content (AvgIpc) is 2.95. The molecule has 0 aliphatic carbocycles. The maximum Gasteiger partial charge on any atom is 0.257 e. The quantitative estimate of drug-likeness (QED) is 0.750. The first-order valence-electron chi connectivity index (χ1n) is 7.04. The van der Waals surface area contributed by atoms with Gasteiger partial charge in [0.2, 0.25) is 0 Å². The zero-order chi connectivity index (χ0) is 14.2. The van der Waals surface area contributed by atoms with E-state index >= 15 is 0 Å². The van der Waals surface area contributed by atoms with Crippen molar-refractivity contribution >= 4 is 0 Å². The molecule has 0 atom stereocenters. The van der Waals surface area contributed by atoms with Crippen molar-refractivity contribution in [3.8, 4) is 17.2 Å². The van der Waals surface area contributed by atoms with E-state index in [9.17, 15) is 0 Å². The smallest absolute Gasteiger partial charge is 0.257 e. The molecule has 0 amide bonds. The number of hydrogen-bond acceptors (Lipinski definition) is 5. The lowest BCUT2D eigenvalue weighted by Crippen LogP contribution is -2.10. The van der Waals surface area contributed by atoms with Crippen LogP contribution in [0.1, 0.15) is 25.6 Å². The maximum atomic E-state index is 5.62. The van der Waals surface area contributed by atoms with Crippen molar-refractivity contribution in [2.24, 2.45) is 0 Å². The molecule has 0 saturated carbocycles. The molecule has 0 aliphatic heterocycles. The zero-order valence-electron chi connectivity index (χ0n) is 12.1. The summed E-state index contributed by atoms with van der Waals surface area (Å²) >= 11 is 0. The number of rotatable bonds is 8. The molecule has 0 aliphatic rings. The van der Waals surface area contributed by atoms with E-state index < -0.39 is 0 Å². The summed E-state index contributed by atoms with van der Waals surface area (Å²) in [5.41, 5.74) is 0.913. The molecule has 0 saturated heterocycles. The molecule has 0 spiro atoms. The van der Waals surface area contributed by atoms with E-state index in [-0.39, 0.29) is 0 Å². The normalized spacial score (nSPS) is 10.7. The number of unbranched alkanes of at least 4 members (excludes halogenated alkanes) is 1. The van der Waals surface area contributed by atoms with Gasteiger partial charge in [0.05, 0.1) is 6.61 Å². The van der Waals surface area contributed by atoms with Crippen LogP contribution in [0.3, 0.4) is 0 Å². The molecule has 20 heavy (non-hydrogen) atoms. The molecule has 1 N–H and O–H groups in total. The molecule has 0 fully saturated rings. The van der Waals surface area contributed by atoms with Gasteiger partial charge in [0.1, 0.15) is 5.75 Å². The minimum Gasteiger partial charge on any atom is -0.494 e. The second-order valence-electron chi connectivity index (χ2n) is 4.60. The van der Waals surface area contributed by atoms with Gasteiger partial charge in [-0.05, 0) is 37.7 Å². The fourth-order valence-electron chi connectivity index (χ4n) is 1.74. The zero-order valence-corrected chi connectivity index (χ0v) is 12.1. The molecular weight excluding hydrogens is 254 g/mol. The van der Waals surface area contributed by atoms with Gasteiger partial charge in [-0.1, -0.05) is 18.5 Å². The van der Waals surface area contributed by atoms with Gasteiger partial charge in [0.25, 0.3) is 5.89 Å². The van der Waals surface area contributed by atoms with Crippen molar-refractivity contribution in [3.63, 3.8) is 0 Å². The molecule has 5 nitrogen and oxygen atoms in total. The van der Waals surface area contributed by atoms with E-state index in [1.165, 1.54) is 0 Å². The standard InChI is InChI=1S/C15H21N3O2/c1-3-4-11-19-13-7-5-12(6-8-13)15-17-14(18-20-15)9-10-16-2/h5-8,16H,3-4,9-11H2,1-2H3. The molecule has 2 rings (SSSR count). The molecule has 2 aromatic rings. The van der Waals surface area contributed by atoms with Crippen molar-refractivity contribution in [3.05, 3.63) is 30.1 Å². The van der Waals surface area contributed by atoms with Crippen LogP contribution in [0.25, 0.3) is 11.5 Å². The number of nitrogens with one attached hydrogen (secondary N) is 1. The first-order valence-corrected chi connectivity index (χ1v) is 7.04. The highest BCUT2D eigenvalue weighted by molar-refractivity contribution is 5.54. The molecule has 5 heteroatoms. The van der Waals surface area contributed by atoms with Crippen LogP contribution in [0.5, 0.6) is 5.75 Å². The third-order valence-electron chi connectivity index (χ3n) is 2.93. The summed E-state index contributed by atoms with van der Waals surface area (Å²) in [6.45, 7) is 3.74. The summed E-state index contributed by atoms with van der Waals surface area (Å²) in [5, 5.41) is 7.01. The van der Waals surface area contributed by atoms with Gasteiger partial charge < -0.3 is 14.6 Å². The van der Waals surface area contributed by atoms with E-state index in [1.807, 2.05) is 31.3 Å². The van der Waals surface area contributed by atoms with Gasteiger partial charge >= 0.3 is 0 Å². The van der Waals surface area contributed by atoms with Crippen LogP contribution in [0, 0.1) is 0 Å². The number of aromatic nitrogens is 2. The number of ether oxygens (including phenoxy) is 1. The second-order valence-corrected chi connectivity index (χ2v) is 4.60. The van der Waals surface area contributed by atoms with Crippen molar-refractivity contribution in [1.82, 2.24) is 15.5 Å². The summed E-state index contributed by atoms with van der Waals surface area (Å²) in [7, 11) is 1.90. The highest BCUT2D eigenvalue weighted by Gasteiger charge is 2.08. The minimum atomic E-state index is 0.552. The number of nitrogens with zero attached hydrogens (tertiary/aromatic N) is 2. The summed E-state index contributed by atoms with van der Waals surface area (Å²) in [4.78, 5) is 4.36. The lowest BCUT2D eigenvalue weighted by molar-refractivity contribution is 0.309. The van der Waals surface area contributed by atoms with E-state index in [4.69, 9.17) is 9.26 Å². The van der Waals surface area contributed by atoms with Gasteiger partial charge in [0.15, 0.2) is 5.82 Å². The molecule has 0 unspecified atom stereocenters. The van der Waals surface area contributed by atoms with E-state index in [0.717, 1.165) is 49.6 Å². The Kier molecular flexibility index (Phi) is 5.55. The van der Waals surface area contributed by atoms with Crippen molar-refractivity contribution in [2.75, 3.05) is 20.2 Å². The first-order chi connectivity index (χ1) is 9.83. The van der Waals surface area contributed by atoms with Crippen LogP contribution >= 0.6 is 0 Å². The molecule has 0 bridgehead atoms. The van der Waals surface area contributed by atoms with E-state index in [0.29, 0.717) is 5.89 Å². The number of likely N-dealkylation sites (N-methyl/N-ethyl adjacent to an activating group) is 1.